The molecule has 0 unspecified atom stereocenters. The van der Waals surface area contributed by atoms with Gasteiger partial charge in [0.2, 0.25) is 0 Å². The van der Waals surface area contributed by atoms with Gasteiger partial charge >= 0.3 is 11.9 Å². The highest BCUT2D eigenvalue weighted by atomic mass is 16.5. The summed E-state index contributed by atoms with van der Waals surface area (Å²) >= 11 is 0. The molecule has 0 spiro atoms. The Balaban J connectivity index is 1.71. The zero-order chi connectivity index (χ0) is 18.5. The van der Waals surface area contributed by atoms with Gasteiger partial charge in [0.1, 0.15) is 6.61 Å². The molecule has 132 valence electrons. The van der Waals surface area contributed by atoms with Crippen molar-refractivity contribution in [3.63, 3.8) is 0 Å². The van der Waals surface area contributed by atoms with Crippen molar-refractivity contribution in [2.75, 3.05) is 7.11 Å². The van der Waals surface area contributed by atoms with Gasteiger partial charge < -0.3 is 9.47 Å². The van der Waals surface area contributed by atoms with Crippen molar-refractivity contribution in [2.24, 2.45) is 0 Å². The number of ether oxygens (including phenoxy) is 2. The van der Waals surface area contributed by atoms with Crippen LogP contribution in [0.15, 0.2) is 54.6 Å². The van der Waals surface area contributed by atoms with Crippen LogP contribution in [0.25, 0.3) is 5.69 Å². The standard InChI is InChI=1S/C19H17N3O4/c1-13-17(21-22(20-13)16-9-4-3-5-10-16)19(24)26-12-14-7-6-8-15(11-14)18(23)25-2/h3-11H,12H2,1-2H3. The van der Waals surface area contributed by atoms with Crippen molar-refractivity contribution < 1.29 is 19.1 Å². The Bertz CT molecular complexity index is 935. The molecule has 0 aliphatic heterocycles. The molecule has 1 aromatic heterocycles. The molecule has 0 fully saturated rings. The summed E-state index contributed by atoms with van der Waals surface area (Å²) in [6.45, 7) is 1.71. The van der Waals surface area contributed by atoms with Gasteiger partial charge in [0, 0.05) is 0 Å². The van der Waals surface area contributed by atoms with Crippen molar-refractivity contribution in [1.82, 2.24) is 15.0 Å². The highest BCUT2D eigenvalue weighted by Gasteiger charge is 2.18. The van der Waals surface area contributed by atoms with E-state index in [0.717, 1.165) is 5.69 Å². The van der Waals surface area contributed by atoms with Crippen LogP contribution >= 0.6 is 0 Å². The van der Waals surface area contributed by atoms with Crippen LogP contribution in [0.3, 0.4) is 0 Å². The third-order valence-electron chi connectivity index (χ3n) is 3.68. The Hall–Kier alpha value is -3.48. The van der Waals surface area contributed by atoms with E-state index in [9.17, 15) is 9.59 Å². The Labute approximate surface area is 150 Å². The largest absolute Gasteiger partial charge is 0.465 e. The maximum atomic E-state index is 12.3. The number of nitrogens with zero attached hydrogens (tertiary/aromatic N) is 3. The van der Waals surface area contributed by atoms with Gasteiger partial charge in [-0.25, -0.2) is 9.59 Å². The van der Waals surface area contributed by atoms with E-state index in [-0.39, 0.29) is 12.3 Å². The summed E-state index contributed by atoms with van der Waals surface area (Å²) in [7, 11) is 1.31. The van der Waals surface area contributed by atoms with Crippen LogP contribution in [-0.4, -0.2) is 34.0 Å². The lowest BCUT2D eigenvalue weighted by Gasteiger charge is -2.05. The second kappa shape index (κ2) is 7.60. The first-order valence-electron chi connectivity index (χ1n) is 7.92. The van der Waals surface area contributed by atoms with Crippen LogP contribution in [0.5, 0.6) is 0 Å². The van der Waals surface area contributed by atoms with Crippen molar-refractivity contribution in [3.05, 3.63) is 77.1 Å². The SMILES string of the molecule is COC(=O)c1cccc(COC(=O)c2nn(-c3ccccc3)nc2C)c1. The number of esters is 2. The van der Waals surface area contributed by atoms with E-state index in [0.29, 0.717) is 16.8 Å². The molecule has 0 bridgehead atoms. The predicted molar refractivity (Wildman–Crippen MR) is 93.0 cm³/mol. The number of aromatic nitrogens is 3. The van der Waals surface area contributed by atoms with Gasteiger partial charge in [0.25, 0.3) is 0 Å². The third kappa shape index (κ3) is 3.77. The zero-order valence-electron chi connectivity index (χ0n) is 14.4. The highest BCUT2D eigenvalue weighted by Crippen LogP contribution is 2.12. The third-order valence-corrected chi connectivity index (χ3v) is 3.68. The summed E-state index contributed by atoms with van der Waals surface area (Å²) in [6.07, 6.45) is 0. The summed E-state index contributed by atoms with van der Waals surface area (Å²) in [5.74, 6) is -1.02. The van der Waals surface area contributed by atoms with Gasteiger partial charge in [0.05, 0.1) is 24.1 Å². The lowest BCUT2D eigenvalue weighted by molar-refractivity contribution is 0.0464. The number of aryl methyl sites for hydroxylation is 1. The summed E-state index contributed by atoms with van der Waals surface area (Å²) in [4.78, 5) is 25.3. The molecule has 3 rings (SSSR count). The van der Waals surface area contributed by atoms with E-state index in [1.54, 1.807) is 31.2 Å². The number of carbonyl (C=O) groups is 2. The van der Waals surface area contributed by atoms with Crippen LogP contribution in [0.1, 0.15) is 32.1 Å². The fourth-order valence-electron chi connectivity index (χ4n) is 2.37. The average molecular weight is 351 g/mol. The van der Waals surface area contributed by atoms with Gasteiger partial charge in [-0.2, -0.15) is 9.90 Å². The number of hydrogen-bond acceptors (Lipinski definition) is 6. The first kappa shape index (κ1) is 17.3. The molecule has 0 aliphatic rings. The van der Waals surface area contributed by atoms with E-state index in [4.69, 9.17) is 4.74 Å². The molecule has 0 aliphatic carbocycles. The molecule has 0 amide bonds. The van der Waals surface area contributed by atoms with Gasteiger partial charge in [-0.15, -0.1) is 5.10 Å². The number of benzene rings is 2. The van der Waals surface area contributed by atoms with Gasteiger partial charge in [-0.05, 0) is 36.8 Å². The first-order chi connectivity index (χ1) is 12.6. The first-order valence-corrected chi connectivity index (χ1v) is 7.92. The fraction of sp³-hybridized carbons (Fsp3) is 0.158. The van der Waals surface area contributed by atoms with Crippen LogP contribution in [0, 0.1) is 6.92 Å². The molecule has 3 aromatic rings. The normalized spacial score (nSPS) is 10.4. The van der Waals surface area contributed by atoms with Crippen LogP contribution in [-0.2, 0) is 16.1 Å². The lowest BCUT2D eigenvalue weighted by atomic mass is 10.1. The Morgan fingerprint density at radius 2 is 1.77 bits per heavy atom. The number of para-hydroxylation sites is 1. The second-order valence-electron chi connectivity index (χ2n) is 5.53. The van der Waals surface area contributed by atoms with Crippen LogP contribution in [0.2, 0.25) is 0 Å². The Kier molecular flexibility index (Phi) is 5.07. The molecule has 0 N–H and O–H groups in total. The quantitative estimate of drug-likeness (QED) is 0.657. The number of hydrogen-bond donors (Lipinski definition) is 0. The smallest absolute Gasteiger partial charge is 0.361 e. The van der Waals surface area contributed by atoms with Crippen molar-refractivity contribution >= 4 is 11.9 Å². The van der Waals surface area contributed by atoms with Crippen molar-refractivity contribution in [1.29, 1.82) is 0 Å². The number of methoxy groups -OCH3 is 1. The predicted octanol–water partition coefficient (Wildman–Crippen LogP) is 2.72. The molecule has 0 saturated heterocycles. The monoisotopic (exact) mass is 351 g/mol. The molecule has 7 heteroatoms. The average Bonchev–Trinajstić information content (AvgIpc) is 3.08. The highest BCUT2D eigenvalue weighted by molar-refractivity contribution is 5.89. The topological polar surface area (TPSA) is 83.3 Å². The maximum Gasteiger partial charge on any atom is 0.361 e. The molecule has 7 nitrogen and oxygen atoms in total. The van der Waals surface area contributed by atoms with Gasteiger partial charge in [0.15, 0.2) is 5.69 Å². The van der Waals surface area contributed by atoms with Crippen molar-refractivity contribution in [3.8, 4) is 5.69 Å². The molecule has 1 heterocycles. The molecule has 26 heavy (non-hydrogen) atoms. The van der Waals surface area contributed by atoms with E-state index in [1.807, 2.05) is 30.3 Å². The van der Waals surface area contributed by atoms with Crippen molar-refractivity contribution in [2.45, 2.75) is 13.5 Å². The van der Waals surface area contributed by atoms with Crippen LogP contribution in [0.4, 0.5) is 0 Å². The minimum Gasteiger partial charge on any atom is -0.465 e. The maximum absolute atomic E-state index is 12.3. The van der Waals surface area contributed by atoms with E-state index in [2.05, 4.69) is 14.9 Å². The molecule has 0 saturated carbocycles. The number of rotatable bonds is 5. The number of carbonyl (C=O) groups excluding carboxylic acids is 2. The molecule has 0 radical (unpaired) electrons. The minimum atomic E-state index is -0.576. The van der Waals surface area contributed by atoms with E-state index in [1.165, 1.54) is 11.9 Å². The summed E-state index contributed by atoms with van der Waals surface area (Å²) in [6, 6.07) is 16.0. The molecule has 2 aromatic carbocycles. The summed E-state index contributed by atoms with van der Waals surface area (Å²) < 4.78 is 9.98. The van der Waals surface area contributed by atoms with E-state index >= 15 is 0 Å². The molecular weight excluding hydrogens is 334 g/mol. The van der Waals surface area contributed by atoms with E-state index < -0.39 is 11.9 Å². The van der Waals surface area contributed by atoms with Gasteiger partial charge in [-0.3, -0.25) is 0 Å². The van der Waals surface area contributed by atoms with Gasteiger partial charge in [-0.1, -0.05) is 30.3 Å². The molecular formula is C19H17N3O4. The Morgan fingerprint density at radius 1 is 1.00 bits per heavy atom. The summed E-state index contributed by atoms with van der Waals surface area (Å²) in [5, 5.41) is 8.46. The summed E-state index contributed by atoms with van der Waals surface area (Å²) in [5.41, 5.74) is 2.45. The minimum absolute atomic E-state index is 0.0152. The fourth-order valence-corrected chi connectivity index (χ4v) is 2.37. The molecule has 0 atom stereocenters. The van der Waals surface area contributed by atoms with Crippen LogP contribution < -0.4 is 0 Å². The second-order valence-corrected chi connectivity index (χ2v) is 5.53. The Morgan fingerprint density at radius 3 is 2.50 bits per heavy atom. The zero-order valence-corrected chi connectivity index (χ0v) is 14.4. The lowest BCUT2D eigenvalue weighted by Crippen LogP contribution is -2.09.